The van der Waals surface area contributed by atoms with E-state index >= 15 is 0 Å². The average Bonchev–Trinajstić information content (AvgIpc) is 2.46. The van der Waals surface area contributed by atoms with Crippen molar-refractivity contribution < 1.29 is 13.5 Å². The summed E-state index contributed by atoms with van der Waals surface area (Å²) in [6, 6.07) is 15.6. The molecule has 0 aliphatic carbocycles. The van der Waals surface area contributed by atoms with Gasteiger partial charge in [-0.15, -0.1) is 0 Å². The Kier molecular flexibility index (Phi) is 4.51. The SMILES string of the molecule is N#Cc1ccccc1CNc1ccc(OC(F)F)cc1. The Labute approximate surface area is 115 Å². The minimum Gasteiger partial charge on any atom is -0.435 e. The van der Waals surface area contributed by atoms with Crippen LogP contribution in [0, 0.1) is 11.3 Å². The molecule has 102 valence electrons. The first kappa shape index (κ1) is 13.8. The van der Waals surface area contributed by atoms with Crippen molar-refractivity contribution >= 4 is 5.69 Å². The number of anilines is 1. The summed E-state index contributed by atoms with van der Waals surface area (Å²) in [4.78, 5) is 0. The first-order valence-corrected chi connectivity index (χ1v) is 5.96. The van der Waals surface area contributed by atoms with E-state index in [-0.39, 0.29) is 5.75 Å². The van der Waals surface area contributed by atoms with E-state index in [1.54, 1.807) is 24.3 Å². The van der Waals surface area contributed by atoms with Gasteiger partial charge in [0.25, 0.3) is 0 Å². The lowest BCUT2D eigenvalue weighted by Crippen LogP contribution is -2.03. The molecule has 0 saturated carbocycles. The molecule has 0 unspecified atom stereocenters. The fourth-order valence-corrected chi connectivity index (χ4v) is 1.74. The third kappa shape index (κ3) is 3.69. The number of alkyl halides is 2. The maximum atomic E-state index is 12.0. The summed E-state index contributed by atoms with van der Waals surface area (Å²) in [6.07, 6.45) is 0. The molecule has 0 aliphatic rings. The Balaban J connectivity index is 1.99. The van der Waals surface area contributed by atoms with E-state index in [0.717, 1.165) is 11.3 Å². The van der Waals surface area contributed by atoms with Crippen LogP contribution in [-0.2, 0) is 6.54 Å². The molecule has 0 atom stereocenters. The normalized spacial score (nSPS) is 10.1. The molecular weight excluding hydrogens is 262 g/mol. The van der Waals surface area contributed by atoms with E-state index in [9.17, 15) is 8.78 Å². The van der Waals surface area contributed by atoms with Crippen LogP contribution >= 0.6 is 0 Å². The highest BCUT2D eigenvalue weighted by molar-refractivity contribution is 5.48. The van der Waals surface area contributed by atoms with Crippen LogP contribution in [0.4, 0.5) is 14.5 Å². The molecule has 0 saturated heterocycles. The van der Waals surface area contributed by atoms with Gasteiger partial charge in [0.1, 0.15) is 5.75 Å². The van der Waals surface area contributed by atoms with Gasteiger partial charge in [-0.2, -0.15) is 14.0 Å². The van der Waals surface area contributed by atoms with Gasteiger partial charge in [-0.3, -0.25) is 0 Å². The van der Waals surface area contributed by atoms with Crippen LogP contribution in [-0.4, -0.2) is 6.61 Å². The lowest BCUT2D eigenvalue weighted by molar-refractivity contribution is -0.0498. The van der Waals surface area contributed by atoms with E-state index in [0.29, 0.717) is 12.1 Å². The van der Waals surface area contributed by atoms with E-state index in [1.165, 1.54) is 12.1 Å². The van der Waals surface area contributed by atoms with Gasteiger partial charge in [-0.1, -0.05) is 18.2 Å². The maximum absolute atomic E-state index is 12.0. The van der Waals surface area contributed by atoms with E-state index in [2.05, 4.69) is 16.1 Å². The second-order valence-corrected chi connectivity index (χ2v) is 4.03. The van der Waals surface area contributed by atoms with Crippen molar-refractivity contribution in [2.75, 3.05) is 5.32 Å². The van der Waals surface area contributed by atoms with Gasteiger partial charge < -0.3 is 10.1 Å². The number of hydrogen-bond donors (Lipinski definition) is 1. The largest absolute Gasteiger partial charge is 0.435 e. The third-order valence-corrected chi connectivity index (χ3v) is 2.70. The molecule has 0 aromatic heterocycles. The van der Waals surface area contributed by atoms with Gasteiger partial charge >= 0.3 is 6.61 Å². The molecule has 0 amide bonds. The molecule has 20 heavy (non-hydrogen) atoms. The standard InChI is InChI=1S/C15H12F2N2O/c16-15(17)20-14-7-5-13(6-8-14)19-10-12-4-2-1-3-11(12)9-18/h1-8,15,19H,10H2. The topological polar surface area (TPSA) is 45.0 Å². The fraction of sp³-hybridized carbons (Fsp3) is 0.133. The Bertz CT molecular complexity index is 606. The van der Waals surface area contributed by atoms with Crippen molar-refractivity contribution in [2.45, 2.75) is 13.2 Å². The van der Waals surface area contributed by atoms with Gasteiger partial charge in [0, 0.05) is 12.2 Å². The molecule has 0 radical (unpaired) electrons. The molecule has 0 heterocycles. The molecule has 2 aromatic carbocycles. The molecule has 5 heteroatoms. The average molecular weight is 274 g/mol. The first-order valence-electron chi connectivity index (χ1n) is 5.96. The molecule has 0 aliphatic heterocycles. The van der Waals surface area contributed by atoms with Crippen molar-refractivity contribution in [1.82, 2.24) is 0 Å². The number of ether oxygens (including phenoxy) is 1. The zero-order valence-corrected chi connectivity index (χ0v) is 10.5. The van der Waals surface area contributed by atoms with Crippen LogP contribution in [0.3, 0.4) is 0 Å². The Morgan fingerprint density at radius 3 is 2.45 bits per heavy atom. The van der Waals surface area contributed by atoms with Crippen molar-refractivity contribution in [3.8, 4) is 11.8 Å². The van der Waals surface area contributed by atoms with E-state index in [1.807, 2.05) is 12.1 Å². The molecular formula is C15H12F2N2O. The Morgan fingerprint density at radius 1 is 1.10 bits per heavy atom. The van der Waals surface area contributed by atoms with Crippen molar-refractivity contribution in [1.29, 1.82) is 5.26 Å². The summed E-state index contributed by atoms with van der Waals surface area (Å²) in [6.45, 7) is -2.34. The summed E-state index contributed by atoms with van der Waals surface area (Å²) < 4.78 is 28.3. The number of nitrogens with one attached hydrogen (secondary N) is 1. The predicted molar refractivity (Wildman–Crippen MR) is 71.6 cm³/mol. The zero-order chi connectivity index (χ0) is 14.4. The molecule has 0 fully saturated rings. The van der Waals surface area contributed by atoms with Gasteiger partial charge in [-0.25, -0.2) is 0 Å². The van der Waals surface area contributed by atoms with Crippen LogP contribution in [0.25, 0.3) is 0 Å². The highest BCUT2D eigenvalue weighted by Crippen LogP contribution is 2.18. The minimum atomic E-state index is -2.82. The predicted octanol–water partition coefficient (Wildman–Crippen LogP) is 3.77. The van der Waals surface area contributed by atoms with E-state index in [4.69, 9.17) is 5.26 Å². The number of benzene rings is 2. The van der Waals surface area contributed by atoms with Crippen LogP contribution in [0.1, 0.15) is 11.1 Å². The maximum Gasteiger partial charge on any atom is 0.387 e. The van der Waals surface area contributed by atoms with Gasteiger partial charge in [-0.05, 0) is 35.9 Å². The lowest BCUT2D eigenvalue weighted by Gasteiger charge is -2.09. The number of halogens is 2. The fourth-order valence-electron chi connectivity index (χ4n) is 1.74. The minimum absolute atomic E-state index is 0.114. The number of hydrogen-bond acceptors (Lipinski definition) is 3. The molecule has 0 spiro atoms. The molecule has 3 nitrogen and oxygen atoms in total. The summed E-state index contributed by atoms with van der Waals surface area (Å²) >= 11 is 0. The quantitative estimate of drug-likeness (QED) is 0.902. The van der Waals surface area contributed by atoms with Gasteiger partial charge in [0.2, 0.25) is 0 Å². The number of nitrogens with zero attached hydrogens (tertiary/aromatic N) is 1. The Hall–Kier alpha value is -2.61. The molecule has 2 rings (SSSR count). The van der Waals surface area contributed by atoms with Gasteiger partial charge in [0.15, 0.2) is 0 Å². The summed E-state index contributed by atoms with van der Waals surface area (Å²) in [5.74, 6) is 0.114. The van der Waals surface area contributed by atoms with Crippen LogP contribution in [0.2, 0.25) is 0 Å². The highest BCUT2D eigenvalue weighted by Gasteiger charge is 2.04. The lowest BCUT2D eigenvalue weighted by atomic mass is 10.1. The second kappa shape index (κ2) is 6.53. The number of nitriles is 1. The van der Waals surface area contributed by atoms with Crippen molar-refractivity contribution in [2.24, 2.45) is 0 Å². The highest BCUT2D eigenvalue weighted by atomic mass is 19.3. The molecule has 2 aromatic rings. The van der Waals surface area contributed by atoms with E-state index < -0.39 is 6.61 Å². The van der Waals surface area contributed by atoms with Crippen LogP contribution in [0.15, 0.2) is 48.5 Å². The number of rotatable bonds is 5. The second-order valence-electron chi connectivity index (χ2n) is 4.03. The van der Waals surface area contributed by atoms with Gasteiger partial charge in [0.05, 0.1) is 11.6 Å². The summed E-state index contributed by atoms with van der Waals surface area (Å²) in [5, 5.41) is 12.1. The summed E-state index contributed by atoms with van der Waals surface area (Å²) in [5.41, 5.74) is 2.25. The monoisotopic (exact) mass is 274 g/mol. The third-order valence-electron chi connectivity index (χ3n) is 2.70. The van der Waals surface area contributed by atoms with Crippen LogP contribution < -0.4 is 10.1 Å². The molecule has 1 N–H and O–H groups in total. The smallest absolute Gasteiger partial charge is 0.387 e. The Morgan fingerprint density at radius 2 is 1.80 bits per heavy atom. The van der Waals surface area contributed by atoms with Crippen molar-refractivity contribution in [3.63, 3.8) is 0 Å². The molecule has 0 bridgehead atoms. The summed E-state index contributed by atoms with van der Waals surface area (Å²) in [7, 11) is 0. The zero-order valence-electron chi connectivity index (χ0n) is 10.5. The first-order chi connectivity index (χ1) is 9.69. The van der Waals surface area contributed by atoms with Crippen LogP contribution in [0.5, 0.6) is 5.75 Å². The van der Waals surface area contributed by atoms with Crippen molar-refractivity contribution in [3.05, 3.63) is 59.7 Å².